The number of ether oxygens (including phenoxy) is 1. The highest BCUT2D eigenvalue weighted by Gasteiger charge is 2.22. The van der Waals surface area contributed by atoms with Gasteiger partial charge in [-0.05, 0) is 60.4 Å². The Bertz CT molecular complexity index is 1400. The lowest BCUT2D eigenvalue weighted by atomic mass is 9.92. The summed E-state index contributed by atoms with van der Waals surface area (Å²) in [6.45, 7) is 2.95. The topological polar surface area (TPSA) is 115 Å². The maximum atomic E-state index is 12.6. The molecular formula is C34H37N3O4. The third kappa shape index (κ3) is 8.73. The third-order valence-corrected chi connectivity index (χ3v) is 7.06. The van der Waals surface area contributed by atoms with Crippen LogP contribution in [0.5, 0.6) is 5.75 Å². The summed E-state index contributed by atoms with van der Waals surface area (Å²) in [5.41, 5.74) is 10.3. The Labute approximate surface area is 241 Å². The second-order valence-electron chi connectivity index (χ2n) is 10.3. The fraction of sp³-hybridized carbons (Fsp3) is 0.294. The minimum Gasteiger partial charge on any atom is -0.494 e. The molecule has 0 aliphatic carbocycles. The molecule has 4 aromatic rings. The molecule has 0 aliphatic rings. The number of hydrogen-bond acceptors (Lipinski definition) is 6. The molecule has 7 heteroatoms. The van der Waals surface area contributed by atoms with Crippen molar-refractivity contribution in [1.29, 1.82) is 0 Å². The minimum absolute atomic E-state index is 0.0856. The lowest BCUT2D eigenvalue weighted by molar-refractivity contribution is -0.141. The molecular weight excluding hydrogens is 514 g/mol. The van der Waals surface area contributed by atoms with Gasteiger partial charge in [-0.25, -0.2) is 9.97 Å². The van der Waals surface area contributed by atoms with Crippen molar-refractivity contribution in [2.24, 2.45) is 5.92 Å². The van der Waals surface area contributed by atoms with Crippen molar-refractivity contribution in [2.75, 3.05) is 12.3 Å². The summed E-state index contributed by atoms with van der Waals surface area (Å²) in [6, 6.07) is 22.0. The monoisotopic (exact) mass is 551 g/mol. The lowest BCUT2D eigenvalue weighted by Crippen LogP contribution is -2.20. The van der Waals surface area contributed by atoms with Gasteiger partial charge in [-0.3, -0.25) is 9.59 Å². The minimum atomic E-state index is -1.00. The van der Waals surface area contributed by atoms with E-state index < -0.39 is 11.9 Å². The molecule has 0 spiro atoms. The zero-order chi connectivity index (χ0) is 29.0. The van der Waals surface area contributed by atoms with Gasteiger partial charge in [-0.1, -0.05) is 69.0 Å². The number of unbranched alkanes of at least 4 members (excludes halogenated alkanes) is 4. The van der Waals surface area contributed by atoms with E-state index in [9.17, 15) is 14.7 Å². The molecule has 7 nitrogen and oxygen atoms in total. The summed E-state index contributed by atoms with van der Waals surface area (Å²) in [5, 5.41) is 9.72. The average molecular weight is 552 g/mol. The van der Waals surface area contributed by atoms with Crippen molar-refractivity contribution in [2.45, 2.75) is 51.9 Å². The summed E-state index contributed by atoms with van der Waals surface area (Å²) < 4.78 is 5.86. The lowest BCUT2D eigenvalue weighted by Gasteiger charge is -2.12. The number of anilines is 1. The van der Waals surface area contributed by atoms with Crippen LogP contribution in [0, 0.1) is 5.92 Å². The number of nitrogen functional groups attached to an aromatic ring is 1. The molecule has 0 radical (unpaired) electrons. The fourth-order valence-corrected chi connectivity index (χ4v) is 4.60. The summed E-state index contributed by atoms with van der Waals surface area (Å²) in [4.78, 5) is 33.6. The van der Waals surface area contributed by atoms with E-state index in [1.165, 1.54) is 25.7 Å². The summed E-state index contributed by atoms with van der Waals surface area (Å²) in [5.74, 6) is -0.608. The molecule has 0 bridgehead atoms. The van der Waals surface area contributed by atoms with Crippen molar-refractivity contribution >= 4 is 17.4 Å². The molecule has 0 amide bonds. The molecule has 1 heterocycles. The van der Waals surface area contributed by atoms with E-state index in [1.54, 1.807) is 36.7 Å². The van der Waals surface area contributed by atoms with E-state index in [4.69, 9.17) is 10.5 Å². The van der Waals surface area contributed by atoms with Gasteiger partial charge in [0, 0.05) is 41.2 Å². The molecule has 0 saturated carbocycles. The van der Waals surface area contributed by atoms with Crippen LogP contribution in [-0.4, -0.2) is 33.4 Å². The number of carboxylic acid groups (broad SMARTS) is 1. The van der Waals surface area contributed by atoms with Crippen LogP contribution in [0.15, 0.2) is 85.2 Å². The Morgan fingerprint density at radius 3 is 2.07 bits per heavy atom. The van der Waals surface area contributed by atoms with Gasteiger partial charge in [0.05, 0.1) is 12.5 Å². The largest absolute Gasteiger partial charge is 0.494 e. The van der Waals surface area contributed by atoms with Gasteiger partial charge in [0.25, 0.3) is 0 Å². The Morgan fingerprint density at radius 1 is 0.805 bits per heavy atom. The Kier molecular flexibility index (Phi) is 10.6. The maximum Gasteiger partial charge on any atom is 0.307 e. The molecule has 41 heavy (non-hydrogen) atoms. The van der Waals surface area contributed by atoms with Crippen molar-refractivity contribution < 1.29 is 19.4 Å². The van der Waals surface area contributed by atoms with Crippen molar-refractivity contribution in [3.05, 3.63) is 96.3 Å². The van der Waals surface area contributed by atoms with E-state index in [-0.39, 0.29) is 18.6 Å². The first-order chi connectivity index (χ1) is 19.9. The van der Waals surface area contributed by atoms with Gasteiger partial charge in [0.2, 0.25) is 0 Å². The second-order valence-corrected chi connectivity index (χ2v) is 10.3. The number of carbonyl (C=O) groups is 2. The van der Waals surface area contributed by atoms with Crippen LogP contribution in [0.3, 0.4) is 0 Å². The number of benzene rings is 3. The predicted octanol–water partition coefficient (Wildman–Crippen LogP) is 7.26. The molecule has 4 rings (SSSR count). The quantitative estimate of drug-likeness (QED) is 0.0907. The number of aromatic nitrogens is 2. The summed E-state index contributed by atoms with van der Waals surface area (Å²) in [6.07, 6.45) is 9.81. The number of nitrogens with zero attached hydrogens (tertiary/aromatic N) is 2. The smallest absolute Gasteiger partial charge is 0.307 e. The van der Waals surface area contributed by atoms with Crippen molar-refractivity contribution in [3.8, 4) is 28.3 Å². The highest BCUT2D eigenvalue weighted by molar-refractivity contribution is 5.98. The molecule has 0 aliphatic heterocycles. The van der Waals surface area contributed by atoms with Gasteiger partial charge in [0.15, 0.2) is 11.6 Å². The molecule has 0 saturated heterocycles. The number of Topliss-reactive ketones (excluding diaryl/α,β-unsaturated/α-hetero) is 1. The van der Waals surface area contributed by atoms with E-state index in [2.05, 4.69) is 16.9 Å². The van der Waals surface area contributed by atoms with Crippen LogP contribution in [0.4, 0.5) is 5.69 Å². The molecule has 3 aromatic carbocycles. The van der Waals surface area contributed by atoms with Crippen LogP contribution in [0.2, 0.25) is 0 Å². The zero-order valence-corrected chi connectivity index (χ0v) is 23.5. The SMILES string of the molecule is CCCCCCCOc1ccc(-c2cnc(-c3ccc(C[C@H](CC(=O)c4ccc(N)cc4)C(=O)O)cc3)nc2)cc1. The number of carboxylic acids is 1. The van der Waals surface area contributed by atoms with E-state index in [0.717, 1.165) is 41.0 Å². The average Bonchev–Trinajstić information content (AvgIpc) is 2.99. The van der Waals surface area contributed by atoms with Crippen molar-refractivity contribution in [1.82, 2.24) is 9.97 Å². The third-order valence-electron chi connectivity index (χ3n) is 7.06. The zero-order valence-electron chi connectivity index (χ0n) is 23.5. The van der Waals surface area contributed by atoms with Crippen LogP contribution >= 0.6 is 0 Å². The van der Waals surface area contributed by atoms with E-state index in [0.29, 0.717) is 17.1 Å². The molecule has 212 valence electrons. The van der Waals surface area contributed by atoms with E-state index in [1.807, 2.05) is 48.5 Å². The number of ketones is 1. The number of hydrogen-bond donors (Lipinski definition) is 2. The second kappa shape index (κ2) is 14.7. The fourth-order valence-electron chi connectivity index (χ4n) is 4.60. The van der Waals surface area contributed by atoms with Crippen LogP contribution in [-0.2, 0) is 11.2 Å². The first-order valence-corrected chi connectivity index (χ1v) is 14.2. The highest BCUT2D eigenvalue weighted by atomic mass is 16.5. The van der Waals surface area contributed by atoms with Gasteiger partial charge in [0.1, 0.15) is 5.75 Å². The van der Waals surface area contributed by atoms with Crippen LogP contribution in [0.1, 0.15) is 61.4 Å². The highest BCUT2D eigenvalue weighted by Crippen LogP contribution is 2.24. The number of nitrogens with two attached hydrogens (primary N) is 1. The Morgan fingerprint density at radius 2 is 1.44 bits per heavy atom. The van der Waals surface area contributed by atoms with Gasteiger partial charge in [-0.2, -0.15) is 0 Å². The van der Waals surface area contributed by atoms with Crippen LogP contribution < -0.4 is 10.5 Å². The van der Waals surface area contributed by atoms with Gasteiger partial charge < -0.3 is 15.6 Å². The first-order valence-electron chi connectivity index (χ1n) is 14.2. The molecule has 3 N–H and O–H groups in total. The number of carbonyl (C=O) groups excluding carboxylic acids is 1. The number of rotatable bonds is 15. The first kappa shape index (κ1) is 29.5. The maximum absolute atomic E-state index is 12.6. The summed E-state index contributed by atoms with van der Waals surface area (Å²) >= 11 is 0. The molecule has 1 atom stereocenters. The molecule has 0 unspecified atom stereocenters. The van der Waals surface area contributed by atoms with Crippen LogP contribution in [0.25, 0.3) is 22.5 Å². The molecule has 1 aromatic heterocycles. The standard InChI is InChI=1S/C34H37N3O4/c1-2-3-4-5-6-19-41-31-17-13-25(14-18-31)29-22-36-33(37-23-29)27-9-7-24(8-10-27)20-28(34(39)40)21-32(38)26-11-15-30(35)16-12-26/h7-18,22-23,28H,2-6,19-21,35H2,1H3,(H,39,40)/t28-/m1/s1. The Hall–Kier alpha value is -4.52. The number of aliphatic carboxylic acids is 1. The van der Waals surface area contributed by atoms with Crippen molar-refractivity contribution in [3.63, 3.8) is 0 Å². The predicted molar refractivity (Wildman–Crippen MR) is 162 cm³/mol. The normalized spacial score (nSPS) is 11.6. The summed E-state index contributed by atoms with van der Waals surface area (Å²) in [7, 11) is 0. The Balaban J connectivity index is 1.32. The van der Waals surface area contributed by atoms with E-state index >= 15 is 0 Å². The van der Waals surface area contributed by atoms with Gasteiger partial charge in [-0.15, -0.1) is 0 Å². The van der Waals surface area contributed by atoms with Gasteiger partial charge >= 0.3 is 5.97 Å². The molecule has 0 fully saturated rings.